The molecule has 3 aromatic carbocycles. The summed E-state index contributed by atoms with van der Waals surface area (Å²) in [5, 5.41) is 0. The normalized spacial score (nSPS) is 15.4. The molecule has 1 aliphatic rings. The molecular formula is C39H34ClNO10S. The first-order chi connectivity index (χ1) is 24.9. The van der Waals surface area contributed by atoms with E-state index in [1.165, 1.54) is 49.1 Å². The summed E-state index contributed by atoms with van der Waals surface area (Å²) in [6, 6.07) is 20.5. The van der Waals surface area contributed by atoms with Gasteiger partial charge in [-0.2, -0.15) is 0 Å². The summed E-state index contributed by atoms with van der Waals surface area (Å²) in [6.45, 7) is 2.57. The Labute approximate surface area is 308 Å². The van der Waals surface area contributed by atoms with Crippen LogP contribution in [0, 0.1) is 11.8 Å². The molecule has 1 saturated carbocycles. The molecule has 52 heavy (non-hydrogen) atoms. The second kappa shape index (κ2) is 17.1. The molecule has 0 radical (unpaired) electrons. The van der Waals surface area contributed by atoms with Crippen LogP contribution in [0.5, 0.6) is 23.0 Å². The molecular weight excluding hydrogens is 710 g/mol. The number of carbonyl (C=O) groups is 6. The molecule has 268 valence electrons. The van der Waals surface area contributed by atoms with E-state index in [0.717, 1.165) is 11.3 Å². The van der Waals surface area contributed by atoms with E-state index in [1.54, 1.807) is 67.7 Å². The van der Waals surface area contributed by atoms with Gasteiger partial charge in [0.2, 0.25) is 0 Å². The number of amides is 1. The monoisotopic (exact) mass is 743 g/mol. The number of nitrogens with zero attached hydrogens (tertiary/aromatic N) is 1. The number of hydrogen-bond donors (Lipinski definition) is 0. The Morgan fingerprint density at radius 2 is 1.23 bits per heavy atom. The summed E-state index contributed by atoms with van der Waals surface area (Å²) in [5.74, 6) is -2.30. The zero-order valence-electron chi connectivity index (χ0n) is 28.5. The third kappa shape index (κ3) is 10.0. The van der Waals surface area contributed by atoms with Gasteiger partial charge in [-0.1, -0.05) is 11.6 Å². The van der Waals surface area contributed by atoms with Crippen molar-refractivity contribution < 1.29 is 47.7 Å². The van der Waals surface area contributed by atoms with E-state index in [-0.39, 0.29) is 28.9 Å². The van der Waals surface area contributed by atoms with Gasteiger partial charge in [-0.15, -0.1) is 11.3 Å². The average molecular weight is 744 g/mol. The van der Waals surface area contributed by atoms with E-state index in [9.17, 15) is 28.8 Å². The van der Waals surface area contributed by atoms with Crippen LogP contribution in [-0.4, -0.2) is 42.6 Å². The molecule has 0 spiro atoms. The Balaban J connectivity index is 1.14. The van der Waals surface area contributed by atoms with E-state index in [1.807, 2.05) is 0 Å². The number of anilines is 1. The zero-order valence-corrected chi connectivity index (χ0v) is 30.0. The van der Waals surface area contributed by atoms with Crippen molar-refractivity contribution in [3.8, 4) is 23.0 Å². The molecule has 4 aromatic rings. The van der Waals surface area contributed by atoms with Gasteiger partial charge in [-0.05, 0) is 117 Å². The van der Waals surface area contributed by atoms with Crippen LogP contribution in [0.2, 0.25) is 4.34 Å². The Morgan fingerprint density at radius 1 is 0.692 bits per heavy atom. The minimum Gasteiger partial charge on any atom is -0.427 e. The highest BCUT2D eigenvalue weighted by Gasteiger charge is 2.32. The first kappa shape index (κ1) is 37.7. The first-order valence-electron chi connectivity index (χ1n) is 16.3. The van der Waals surface area contributed by atoms with Crippen molar-refractivity contribution in [2.75, 3.05) is 11.9 Å². The molecule has 5 rings (SSSR count). The molecule has 0 bridgehead atoms. The van der Waals surface area contributed by atoms with Gasteiger partial charge >= 0.3 is 23.9 Å². The summed E-state index contributed by atoms with van der Waals surface area (Å²) in [7, 11) is 1.62. The molecule has 0 saturated heterocycles. The summed E-state index contributed by atoms with van der Waals surface area (Å²) in [5.41, 5.74) is 1.33. The van der Waals surface area contributed by atoms with Gasteiger partial charge in [0.1, 0.15) is 23.0 Å². The lowest BCUT2D eigenvalue weighted by Crippen LogP contribution is -2.30. The number of benzene rings is 3. The van der Waals surface area contributed by atoms with Gasteiger partial charge in [0.15, 0.2) is 5.78 Å². The number of allylic oxidation sites excluding steroid dienone is 1. The number of rotatable bonds is 11. The third-order valence-electron chi connectivity index (χ3n) is 8.19. The fourth-order valence-corrected chi connectivity index (χ4v) is 6.47. The number of ketones is 1. The van der Waals surface area contributed by atoms with Crippen molar-refractivity contribution in [1.82, 2.24) is 0 Å². The molecule has 0 N–H and O–H groups in total. The standard InChI is InChI=1S/C39H34ClNO10S/c1-23(42)48-30-15-11-29(12-16-30)41(3)37(45)25-8-13-31(14-9-25)50-38(46)26-4-6-27(7-5-26)39(47)51-34-19-17-32(49-24(2)43)22-28(34)10-18-33(44)35-20-21-36(40)52-35/h8-22,26-27H,4-7H2,1-3H3/b18-10+. The first-order valence-corrected chi connectivity index (χ1v) is 17.5. The summed E-state index contributed by atoms with van der Waals surface area (Å²) < 4.78 is 22.0. The lowest BCUT2D eigenvalue weighted by Gasteiger charge is -2.26. The predicted octanol–water partition coefficient (Wildman–Crippen LogP) is 7.74. The maximum absolute atomic E-state index is 13.2. The van der Waals surface area contributed by atoms with Crippen molar-refractivity contribution in [3.63, 3.8) is 0 Å². The van der Waals surface area contributed by atoms with Crippen LogP contribution < -0.4 is 23.8 Å². The number of carbonyl (C=O) groups excluding carboxylic acids is 6. The van der Waals surface area contributed by atoms with E-state index < -0.39 is 35.7 Å². The lowest BCUT2D eigenvalue weighted by atomic mass is 9.82. The molecule has 1 aromatic heterocycles. The third-order valence-corrected chi connectivity index (χ3v) is 9.43. The van der Waals surface area contributed by atoms with Crippen LogP contribution in [-0.2, 0) is 19.2 Å². The Morgan fingerprint density at radius 3 is 1.81 bits per heavy atom. The van der Waals surface area contributed by atoms with Crippen LogP contribution in [0.4, 0.5) is 5.69 Å². The van der Waals surface area contributed by atoms with Crippen molar-refractivity contribution in [1.29, 1.82) is 0 Å². The molecule has 13 heteroatoms. The maximum atomic E-state index is 13.2. The molecule has 1 heterocycles. The molecule has 11 nitrogen and oxygen atoms in total. The lowest BCUT2D eigenvalue weighted by molar-refractivity contribution is -0.145. The fourth-order valence-electron chi connectivity index (χ4n) is 5.51. The van der Waals surface area contributed by atoms with E-state index in [4.69, 9.17) is 30.5 Å². The number of thiophene rings is 1. The van der Waals surface area contributed by atoms with E-state index in [2.05, 4.69) is 0 Å². The number of hydrogen-bond acceptors (Lipinski definition) is 11. The Bertz CT molecular complexity index is 2010. The minimum atomic E-state index is -0.530. The summed E-state index contributed by atoms with van der Waals surface area (Å²) in [4.78, 5) is 76.4. The Kier molecular flexibility index (Phi) is 12.4. The molecule has 1 aliphatic carbocycles. The second-order valence-corrected chi connectivity index (χ2v) is 13.7. The Hall–Kier alpha value is -5.59. The molecule has 0 aliphatic heterocycles. The van der Waals surface area contributed by atoms with E-state index >= 15 is 0 Å². The van der Waals surface area contributed by atoms with Crippen LogP contribution in [0.25, 0.3) is 6.08 Å². The van der Waals surface area contributed by atoms with Gasteiger partial charge in [0.05, 0.1) is 21.0 Å². The largest absolute Gasteiger partial charge is 0.427 e. The number of halogens is 1. The second-order valence-electron chi connectivity index (χ2n) is 12.0. The van der Waals surface area contributed by atoms with Crippen molar-refractivity contribution >= 4 is 70.3 Å². The number of ether oxygens (including phenoxy) is 4. The molecule has 1 amide bonds. The van der Waals surface area contributed by atoms with Gasteiger partial charge in [0.25, 0.3) is 5.91 Å². The van der Waals surface area contributed by atoms with Crippen molar-refractivity contribution in [3.05, 3.63) is 105 Å². The van der Waals surface area contributed by atoms with E-state index in [0.29, 0.717) is 57.5 Å². The van der Waals surface area contributed by atoms with Crippen molar-refractivity contribution in [2.24, 2.45) is 11.8 Å². The van der Waals surface area contributed by atoms with Crippen LogP contribution in [0.15, 0.2) is 84.9 Å². The summed E-state index contributed by atoms with van der Waals surface area (Å²) >= 11 is 7.09. The summed E-state index contributed by atoms with van der Waals surface area (Å²) in [6.07, 6.45) is 4.41. The van der Waals surface area contributed by atoms with Crippen LogP contribution in [0.3, 0.4) is 0 Å². The van der Waals surface area contributed by atoms with Gasteiger partial charge < -0.3 is 23.8 Å². The van der Waals surface area contributed by atoms with Gasteiger partial charge in [0, 0.05) is 37.7 Å². The zero-order chi connectivity index (χ0) is 37.4. The maximum Gasteiger partial charge on any atom is 0.314 e. The molecule has 0 atom stereocenters. The molecule has 0 unspecified atom stereocenters. The molecule has 1 fully saturated rings. The predicted molar refractivity (Wildman–Crippen MR) is 194 cm³/mol. The van der Waals surface area contributed by atoms with Gasteiger partial charge in [-0.25, -0.2) is 0 Å². The number of esters is 4. The van der Waals surface area contributed by atoms with Crippen molar-refractivity contribution in [2.45, 2.75) is 39.5 Å². The highest BCUT2D eigenvalue weighted by atomic mass is 35.5. The van der Waals surface area contributed by atoms with Crippen LogP contribution in [0.1, 0.15) is 65.1 Å². The van der Waals surface area contributed by atoms with Gasteiger partial charge in [-0.3, -0.25) is 28.8 Å². The average Bonchev–Trinajstić information content (AvgIpc) is 3.57. The SMILES string of the molecule is CC(=O)Oc1ccc(N(C)C(=O)c2ccc(OC(=O)C3CCC(C(=O)Oc4ccc(OC(C)=O)cc4/C=C/C(=O)c4ccc(Cl)s4)CC3)cc2)cc1. The quantitative estimate of drug-likeness (QED) is 0.0648. The minimum absolute atomic E-state index is 0.181. The fraction of sp³-hybridized carbons (Fsp3) is 0.231. The smallest absolute Gasteiger partial charge is 0.314 e. The highest BCUT2D eigenvalue weighted by molar-refractivity contribution is 7.18. The van der Waals surface area contributed by atoms with Crippen LogP contribution >= 0.6 is 22.9 Å². The topological polar surface area (TPSA) is 143 Å². The highest BCUT2D eigenvalue weighted by Crippen LogP contribution is 2.33.